The average Bonchev–Trinajstić information content (AvgIpc) is 2.86. The summed E-state index contributed by atoms with van der Waals surface area (Å²) in [4.78, 5) is 37.4. The van der Waals surface area contributed by atoms with E-state index in [0.29, 0.717) is 40.1 Å². The van der Waals surface area contributed by atoms with Crippen molar-refractivity contribution in [1.29, 1.82) is 0 Å². The molecule has 1 aliphatic heterocycles. The van der Waals surface area contributed by atoms with Crippen LogP contribution in [0.3, 0.4) is 0 Å². The molecule has 1 aromatic heterocycles. The molecule has 2 N–H and O–H groups in total. The van der Waals surface area contributed by atoms with Crippen LogP contribution in [0.5, 0.6) is 0 Å². The number of fused-ring (bicyclic) bond motifs is 1. The molecular weight excluding hydrogens is 545 g/mol. The van der Waals surface area contributed by atoms with Gasteiger partial charge in [0.25, 0.3) is 5.91 Å². The van der Waals surface area contributed by atoms with Crippen LogP contribution in [0.2, 0.25) is 10.0 Å². The van der Waals surface area contributed by atoms with Crippen molar-refractivity contribution in [2.45, 2.75) is 40.2 Å². The van der Waals surface area contributed by atoms with Gasteiger partial charge in [-0.2, -0.15) is 0 Å². The Labute approximate surface area is 243 Å². The third-order valence-corrected chi connectivity index (χ3v) is 7.23. The van der Waals surface area contributed by atoms with Crippen LogP contribution in [-0.2, 0) is 11.3 Å². The lowest BCUT2D eigenvalue weighted by molar-refractivity contribution is -0.122. The molecule has 3 aromatic carbocycles. The number of rotatable bonds is 7. The molecule has 206 valence electrons. The molecule has 40 heavy (non-hydrogen) atoms. The van der Waals surface area contributed by atoms with Gasteiger partial charge >= 0.3 is 0 Å². The van der Waals surface area contributed by atoms with Gasteiger partial charge in [-0.1, -0.05) is 50.0 Å². The molecule has 1 fully saturated rings. The van der Waals surface area contributed by atoms with Gasteiger partial charge in [-0.15, -0.1) is 0 Å². The van der Waals surface area contributed by atoms with Crippen LogP contribution in [0.15, 0.2) is 60.7 Å². The van der Waals surface area contributed by atoms with E-state index in [1.807, 2.05) is 63.2 Å². The summed E-state index contributed by atoms with van der Waals surface area (Å²) in [5.74, 6) is 1.09. The number of hydrogen-bond acceptors (Lipinski definition) is 5. The molecule has 0 aliphatic carbocycles. The summed E-state index contributed by atoms with van der Waals surface area (Å²) in [7, 11) is 0. The summed E-state index contributed by atoms with van der Waals surface area (Å²) in [5.41, 5.74) is 3.19. The van der Waals surface area contributed by atoms with Crippen LogP contribution >= 0.6 is 23.2 Å². The standard InChI is InChI=1S/C31H31Cl2N5O2/c1-31(2,3)17-27(39)34-18-19-5-12-25(33)24(15-19)30(40)35-22-10-11-23-26(16-22)36-28(20-6-8-21(32)9-7-20)37-29(23)38-13-4-14-38/h5-12,15-16H,4,13-14,17-18H2,1-3H3,(H,34,39)(H,35,40). The predicted octanol–water partition coefficient (Wildman–Crippen LogP) is 7.12. The second-order valence-corrected chi connectivity index (χ2v) is 12.1. The van der Waals surface area contributed by atoms with Gasteiger partial charge in [0.15, 0.2) is 5.82 Å². The fourth-order valence-electron chi connectivity index (χ4n) is 4.49. The fourth-order valence-corrected chi connectivity index (χ4v) is 4.82. The maximum absolute atomic E-state index is 13.3. The smallest absolute Gasteiger partial charge is 0.257 e. The van der Waals surface area contributed by atoms with Gasteiger partial charge in [0, 0.05) is 47.7 Å². The summed E-state index contributed by atoms with van der Waals surface area (Å²) in [6.45, 7) is 8.24. The monoisotopic (exact) mass is 575 g/mol. The zero-order valence-electron chi connectivity index (χ0n) is 22.7. The molecule has 0 spiro atoms. The molecule has 9 heteroatoms. The second kappa shape index (κ2) is 11.4. The maximum Gasteiger partial charge on any atom is 0.257 e. The highest BCUT2D eigenvalue weighted by atomic mass is 35.5. The Morgan fingerprint density at radius 1 is 0.950 bits per heavy atom. The molecule has 7 nitrogen and oxygen atoms in total. The van der Waals surface area contributed by atoms with Gasteiger partial charge in [-0.05, 0) is 72.0 Å². The third-order valence-electron chi connectivity index (χ3n) is 6.65. The van der Waals surface area contributed by atoms with Crippen molar-refractivity contribution < 1.29 is 9.59 Å². The number of hydrogen-bond donors (Lipinski definition) is 2. The van der Waals surface area contributed by atoms with Crippen molar-refractivity contribution in [3.8, 4) is 11.4 Å². The van der Waals surface area contributed by atoms with E-state index < -0.39 is 0 Å². The average molecular weight is 577 g/mol. The van der Waals surface area contributed by atoms with E-state index in [2.05, 4.69) is 15.5 Å². The molecule has 2 amide bonds. The minimum absolute atomic E-state index is 0.0397. The largest absolute Gasteiger partial charge is 0.356 e. The zero-order chi connectivity index (χ0) is 28.4. The minimum Gasteiger partial charge on any atom is -0.356 e. The van der Waals surface area contributed by atoms with E-state index in [-0.39, 0.29) is 17.2 Å². The van der Waals surface area contributed by atoms with Gasteiger partial charge in [0.1, 0.15) is 5.82 Å². The first-order valence-corrected chi connectivity index (χ1v) is 14.0. The Kier molecular flexibility index (Phi) is 7.97. The summed E-state index contributed by atoms with van der Waals surface area (Å²) >= 11 is 12.5. The van der Waals surface area contributed by atoms with Crippen LogP contribution in [0.25, 0.3) is 22.3 Å². The predicted molar refractivity (Wildman–Crippen MR) is 162 cm³/mol. The number of nitrogens with zero attached hydrogens (tertiary/aromatic N) is 3. The lowest BCUT2D eigenvalue weighted by atomic mass is 9.92. The number of carbonyl (C=O) groups is 2. The van der Waals surface area contributed by atoms with E-state index in [0.717, 1.165) is 47.4 Å². The topological polar surface area (TPSA) is 87.2 Å². The molecule has 1 aliphatic rings. The Hall–Kier alpha value is -3.68. The first kappa shape index (κ1) is 27.9. The number of amides is 2. The van der Waals surface area contributed by atoms with Crippen LogP contribution in [0.1, 0.15) is 49.5 Å². The number of benzene rings is 3. The zero-order valence-corrected chi connectivity index (χ0v) is 24.2. The van der Waals surface area contributed by atoms with Crippen molar-refractivity contribution in [3.05, 3.63) is 81.8 Å². The van der Waals surface area contributed by atoms with E-state index in [1.54, 1.807) is 18.2 Å². The van der Waals surface area contributed by atoms with Crippen molar-refractivity contribution in [2.75, 3.05) is 23.3 Å². The van der Waals surface area contributed by atoms with Gasteiger partial charge in [-0.25, -0.2) is 9.97 Å². The van der Waals surface area contributed by atoms with E-state index in [4.69, 9.17) is 33.2 Å². The summed E-state index contributed by atoms with van der Waals surface area (Å²) in [6.07, 6.45) is 1.54. The number of nitrogens with one attached hydrogen (secondary N) is 2. The normalized spacial score (nSPS) is 13.2. The van der Waals surface area contributed by atoms with Gasteiger partial charge in [-0.3, -0.25) is 9.59 Å². The Morgan fingerprint density at radius 3 is 2.38 bits per heavy atom. The molecular formula is C31H31Cl2N5O2. The van der Waals surface area contributed by atoms with Gasteiger partial charge in [0.05, 0.1) is 16.1 Å². The highest BCUT2D eigenvalue weighted by Gasteiger charge is 2.21. The number of carbonyl (C=O) groups excluding carboxylic acids is 2. The lowest BCUT2D eigenvalue weighted by Gasteiger charge is -2.33. The summed E-state index contributed by atoms with van der Waals surface area (Å²) in [6, 6.07) is 18.3. The summed E-state index contributed by atoms with van der Waals surface area (Å²) < 4.78 is 0. The Bertz CT molecular complexity index is 1580. The quantitative estimate of drug-likeness (QED) is 0.245. The molecule has 0 saturated carbocycles. The van der Waals surface area contributed by atoms with Crippen molar-refractivity contribution in [2.24, 2.45) is 5.41 Å². The van der Waals surface area contributed by atoms with Crippen LogP contribution in [0, 0.1) is 5.41 Å². The molecule has 0 bridgehead atoms. The highest BCUT2D eigenvalue weighted by molar-refractivity contribution is 6.34. The molecule has 5 rings (SSSR count). The van der Waals surface area contributed by atoms with Crippen molar-refractivity contribution >= 4 is 57.4 Å². The van der Waals surface area contributed by atoms with Crippen LogP contribution in [-0.4, -0.2) is 34.9 Å². The maximum atomic E-state index is 13.3. The number of anilines is 2. The molecule has 0 atom stereocenters. The molecule has 2 heterocycles. The fraction of sp³-hybridized carbons (Fsp3) is 0.290. The van der Waals surface area contributed by atoms with E-state index >= 15 is 0 Å². The molecule has 0 radical (unpaired) electrons. The lowest BCUT2D eigenvalue weighted by Crippen LogP contribution is -2.37. The van der Waals surface area contributed by atoms with Crippen molar-refractivity contribution in [3.63, 3.8) is 0 Å². The highest BCUT2D eigenvalue weighted by Crippen LogP contribution is 2.32. The van der Waals surface area contributed by atoms with Gasteiger partial charge in [0.2, 0.25) is 5.91 Å². The Balaban J connectivity index is 1.39. The SMILES string of the molecule is CC(C)(C)CC(=O)NCc1ccc(Cl)c(C(=O)Nc2ccc3c(N4CCC4)nc(-c4ccc(Cl)cc4)nc3c2)c1. The molecule has 4 aromatic rings. The molecule has 1 saturated heterocycles. The Morgan fingerprint density at radius 2 is 1.70 bits per heavy atom. The van der Waals surface area contributed by atoms with E-state index in [1.165, 1.54) is 0 Å². The van der Waals surface area contributed by atoms with E-state index in [9.17, 15) is 9.59 Å². The molecule has 0 unspecified atom stereocenters. The number of aromatic nitrogens is 2. The van der Waals surface area contributed by atoms with Crippen LogP contribution < -0.4 is 15.5 Å². The minimum atomic E-state index is -0.345. The first-order valence-electron chi connectivity index (χ1n) is 13.2. The second-order valence-electron chi connectivity index (χ2n) is 11.2. The van der Waals surface area contributed by atoms with Crippen molar-refractivity contribution in [1.82, 2.24) is 15.3 Å². The first-order chi connectivity index (χ1) is 19.1. The third kappa shape index (κ3) is 6.54. The number of halogens is 2. The summed E-state index contributed by atoms with van der Waals surface area (Å²) in [5, 5.41) is 7.77. The van der Waals surface area contributed by atoms with Crippen LogP contribution in [0.4, 0.5) is 11.5 Å². The van der Waals surface area contributed by atoms with Gasteiger partial charge < -0.3 is 15.5 Å².